The van der Waals surface area contributed by atoms with Crippen molar-refractivity contribution in [1.29, 1.82) is 0 Å². The van der Waals surface area contributed by atoms with Gasteiger partial charge in [0.1, 0.15) is 17.9 Å². The summed E-state index contributed by atoms with van der Waals surface area (Å²) in [5, 5.41) is 9.07. The van der Waals surface area contributed by atoms with Crippen LogP contribution in [0.1, 0.15) is 11.4 Å². The van der Waals surface area contributed by atoms with Crippen molar-refractivity contribution in [3.8, 4) is 5.69 Å². The monoisotopic (exact) mass is 230 g/mol. The molecule has 0 unspecified atom stereocenters. The van der Waals surface area contributed by atoms with E-state index >= 15 is 0 Å². The first kappa shape index (κ1) is 9.59. The second kappa shape index (κ2) is 3.75. The van der Waals surface area contributed by atoms with E-state index in [1.807, 2.05) is 23.0 Å². The number of aliphatic imine (C=N–C) groups is 1. The lowest BCUT2D eigenvalue weighted by atomic mass is 10.2. The van der Waals surface area contributed by atoms with Gasteiger partial charge in [-0.2, -0.15) is 0 Å². The summed E-state index contributed by atoms with van der Waals surface area (Å²) in [5.41, 5.74) is 2.25. The molecule has 0 fully saturated rings. The topological polar surface area (TPSA) is 43.1 Å². The number of fused-ring (bicyclic) bond motifs is 3. The molecule has 0 bridgehead atoms. The van der Waals surface area contributed by atoms with Gasteiger partial charge >= 0.3 is 0 Å². The number of hydrogen-bond donors (Lipinski definition) is 0. The standard InChI is InChI=1S/C11H10N4S/c1-16-11-8-4-2-3-5-9(8)15-7-13-14-10(15)6-12-11/h2-5,7H,6H2,1H3. The summed E-state index contributed by atoms with van der Waals surface area (Å²) in [7, 11) is 0. The number of rotatable bonds is 0. The molecule has 5 heteroatoms. The molecule has 0 saturated carbocycles. The summed E-state index contributed by atoms with van der Waals surface area (Å²) in [5.74, 6) is 0.886. The maximum Gasteiger partial charge on any atom is 0.159 e. The van der Waals surface area contributed by atoms with Crippen LogP contribution in [0.3, 0.4) is 0 Å². The lowest BCUT2D eigenvalue weighted by Crippen LogP contribution is -2.01. The van der Waals surface area contributed by atoms with Crippen molar-refractivity contribution in [2.75, 3.05) is 6.26 Å². The Balaban J connectivity index is 2.29. The molecule has 0 aliphatic carbocycles. The van der Waals surface area contributed by atoms with E-state index in [0.29, 0.717) is 6.54 Å². The van der Waals surface area contributed by atoms with E-state index in [0.717, 1.165) is 22.1 Å². The summed E-state index contributed by atoms with van der Waals surface area (Å²) >= 11 is 1.66. The predicted octanol–water partition coefficient (Wildman–Crippen LogP) is 1.89. The largest absolute Gasteiger partial charge is 0.283 e. The van der Waals surface area contributed by atoms with Gasteiger partial charge in [0.05, 0.1) is 5.69 Å². The molecule has 1 aromatic heterocycles. The molecule has 0 amide bonds. The first-order valence-corrected chi connectivity index (χ1v) is 6.20. The summed E-state index contributed by atoms with van der Waals surface area (Å²) in [6.45, 7) is 0.588. The quantitative estimate of drug-likeness (QED) is 0.694. The Labute approximate surface area is 97.4 Å². The van der Waals surface area contributed by atoms with Crippen LogP contribution in [-0.2, 0) is 6.54 Å². The molecule has 1 aliphatic rings. The fourth-order valence-corrected chi connectivity index (χ4v) is 2.42. The van der Waals surface area contributed by atoms with Crippen LogP contribution >= 0.6 is 11.8 Å². The highest BCUT2D eigenvalue weighted by atomic mass is 32.2. The number of aromatic nitrogens is 3. The Morgan fingerprint density at radius 3 is 3.06 bits per heavy atom. The minimum atomic E-state index is 0.588. The molecule has 0 N–H and O–H groups in total. The third kappa shape index (κ3) is 1.36. The highest BCUT2D eigenvalue weighted by Gasteiger charge is 2.16. The zero-order valence-electron chi connectivity index (χ0n) is 8.79. The molecule has 2 heterocycles. The van der Waals surface area contributed by atoms with E-state index in [1.165, 1.54) is 0 Å². The van der Waals surface area contributed by atoms with Crippen molar-refractivity contribution in [3.05, 3.63) is 42.0 Å². The number of para-hydroxylation sites is 1. The van der Waals surface area contributed by atoms with Gasteiger partial charge in [0.15, 0.2) is 5.82 Å². The predicted molar refractivity (Wildman–Crippen MR) is 65.1 cm³/mol. The Kier molecular flexibility index (Phi) is 2.25. The minimum Gasteiger partial charge on any atom is -0.283 e. The van der Waals surface area contributed by atoms with Crippen molar-refractivity contribution in [2.45, 2.75) is 6.54 Å². The van der Waals surface area contributed by atoms with Crippen molar-refractivity contribution in [3.63, 3.8) is 0 Å². The van der Waals surface area contributed by atoms with Gasteiger partial charge in [-0.15, -0.1) is 22.0 Å². The average molecular weight is 230 g/mol. The summed E-state index contributed by atoms with van der Waals surface area (Å²) in [6.07, 6.45) is 3.79. The van der Waals surface area contributed by atoms with Crippen molar-refractivity contribution in [2.24, 2.45) is 4.99 Å². The van der Waals surface area contributed by atoms with Gasteiger partial charge in [0.25, 0.3) is 0 Å². The van der Waals surface area contributed by atoms with Gasteiger partial charge in [-0.05, 0) is 12.3 Å². The van der Waals surface area contributed by atoms with Crippen LogP contribution in [0.5, 0.6) is 0 Å². The molecule has 0 saturated heterocycles. The molecule has 0 spiro atoms. The van der Waals surface area contributed by atoms with E-state index in [4.69, 9.17) is 0 Å². The number of nitrogens with zero attached hydrogens (tertiary/aromatic N) is 4. The van der Waals surface area contributed by atoms with Gasteiger partial charge in [0, 0.05) is 5.56 Å². The summed E-state index contributed by atoms with van der Waals surface area (Å²) in [6, 6.07) is 8.20. The molecule has 4 nitrogen and oxygen atoms in total. The van der Waals surface area contributed by atoms with E-state index in [9.17, 15) is 0 Å². The molecule has 1 aromatic carbocycles. The highest BCUT2D eigenvalue weighted by molar-refractivity contribution is 8.13. The zero-order valence-corrected chi connectivity index (χ0v) is 9.61. The average Bonchev–Trinajstić information content (AvgIpc) is 2.73. The highest BCUT2D eigenvalue weighted by Crippen LogP contribution is 2.24. The van der Waals surface area contributed by atoms with Crippen LogP contribution in [-0.4, -0.2) is 26.1 Å². The van der Waals surface area contributed by atoms with Gasteiger partial charge in [-0.3, -0.25) is 9.56 Å². The van der Waals surface area contributed by atoms with Crippen LogP contribution in [0.25, 0.3) is 5.69 Å². The molecule has 0 atom stereocenters. The van der Waals surface area contributed by atoms with E-state index in [2.05, 4.69) is 27.3 Å². The lowest BCUT2D eigenvalue weighted by Gasteiger charge is -2.08. The first-order valence-electron chi connectivity index (χ1n) is 4.97. The molecular formula is C11H10N4S. The fourth-order valence-electron chi connectivity index (χ4n) is 1.83. The Morgan fingerprint density at radius 2 is 2.19 bits per heavy atom. The van der Waals surface area contributed by atoms with Gasteiger partial charge in [-0.25, -0.2) is 0 Å². The molecule has 1 aliphatic heterocycles. The van der Waals surface area contributed by atoms with Crippen molar-refractivity contribution >= 4 is 16.8 Å². The SMILES string of the molecule is CSC1=NCc2nncn2-c2ccccc21. The van der Waals surface area contributed by atoms with Crippen LogP contribution in [0.15, 0.2) is 35.6 Å². The van der Waals surface area contributed by atoms with Gasteiger partial charge in [-0.1, -0.05) is 18.2 Å². The maximum absolute atomic E-state index is 4.55. The number of benzene rings is 1. The molecule has 0 radical (unpaired) electrons. The van der Waals surface area contributed by atoms with Crippen LogP contribution in [0.2, 0.25) is 0 Å². The summed E-state index contributed by atoms with van der Waals surface area (Å²) in [4.78, 5) is 4.55. The van der Waals surface area contributed by atoms with Crippen molar-refractivity contribution < 1.29 is 0 Å². The van der Waals surface area contributed by atoms with E-state index in [-0.39, 0.29) is 0 Å². The maximum atomic E-state index is 4.55. The van der Waals surface area contributed by atoms with E-state index in [1.54, 1.807) is 18.1 Å². The summed E-state index contributed by atoms with van der Waals surface area (Å²) < 4.78 is 2.00. The Hall–Kier alpha value is -1.62. The third-order valence-electron chi connectivity index (χ3n) is 2.57. The third-order valence-corrected chi connectivity index (χ3v) is 3.31. The Morgan fingerprint density at radius 1 is 1.31 bits per heavy atom. The number of hydrogen-bond acceptors (Lipinski definition) is 4. The van der Waals surface area contributed by atoms with Crippen LogP contribution in [0, 0.1) is 0 Å². The first-order chi connectivity index (χ1) is 7.90. The van der Waals surface area contributed by atoms with Crippen LogP contribution in [0.4, 0.5) is 0 Å². The minimum absolute atomic E-state index is 0.588. The van der Waals surface area contributed by atoms with Crippen LogP contribution < -0.4 is 0 Å². The fraction of sp³-hybridized carbons (Fsp3) is 0.182. The van der Waals surface area contributed by atoms with Gasteiger partial charge in [0.2, 0.25) is 0 Å². The van der Waals surface area contributed by atoms with Gasteiger partial charge < -0.3 is 0 Å². The lowest BCUT2D eigenvalue weighted by molar-refractivity contribution is 0.871. The smallest absolute Gasteiger partial charge is 0.159 e. The Bertz CT molecular complexity index is 559. The second-order valence-corrected chi connectivity index (χ2v) is 4.25. The zero-order chi connectivity index (χ0) is 11.0. The molecular weight excluding hydrogens is 220 g/mol. The molecule has 2 aromatic rings. The molecule has 80 valence electrons. The second-order valence-electron chi connectivity index (χ2n) is 3.46. The molecule has 16 heavy (non-hydrogen) atoms. The van der Waals surface area contributed by atoms with Crippen molar-refractivity contribution in [1.82, 2.24) is 14.8 Å². The normalized spacial score (nSPS) is 13.7. The molecule has 3 rings (SSSR count). The number of thioether (sulfide) groups is 1. The van der Waals surface area contributed by atoms with E-state index < -0.39 is 0 Å².